The topological polar surface area (TPSA) is 20.2 Å². The van der Waals surface area contributed by atoms with Crippen molar-refractivity contribution in [3.05, 3.63) is 29.8 Å². The maximum Gasteiger partial charge on any atom is 0.115 e. The minimum atomic E-state index is 0. The van der Waals surface area contributed by atoms with Gasteiger partial charge in [0, 0.05) is 37.3 Å². The SMILES string of the molecule is Cc1ccc(O)cc1.[Er]. The van der Waals surface area contributed by atoms with Gasteiger partial charge in [0.1, 0.15) is 5.75 Å². The molecule has 0 aliphatic heterocycles. The van der Waals surface area contributed by atoms with Gasteiger partial charge in [-0.15, -0.1) is 0 Å². The van der Waals surface area contributed by atoms with Gasteiger partial charge >= 0.3 is 0 Å². The van der Waals surface area contributed by atoms with Gasteiger partial charge in [-0.25, -0.2) is 0 Å². The van der Waals surface area contributed by atoms with Gasteiger partial charge in [0.15, 0.2) is 0 Å². The summed E-state index contributed by atoms with van der Waals surface area (Å²) in [6, 6.07) is 7.09. The van der Waals surface area contributed by atoms with Crippen LogP contribution >= 0.6 is 0 Å². The molecule has 0 fully saturated rings. The number of aromatic hydroxyl groups is 1. The van der Waals surface area contributed by atoms with Gasteiger partial charge in [-0.05, 0) is 19.1 Å². The van der Waals surface area contributed by atoms with Crippen molar-refractivity contribution < 1.29 is 42.4 Å². The molecule has 0 bridgehead atoms. The molecule has 0 saturated carbocycles. The quantitative estimate of drug-likeness (QED) is 0.764. The van der Waals surface area contributed by atoms with Gasteiger partial charge in [0.05, 0.1) is 0 Å². The predicted molar refractivity (Wildman–Crippen MR) is 32.8 cm³/mol. The van der Waals surface area contributed by atoms with Crippen LogP contribution in [0.1, 0.15) is 5.56 Å². The third-order valence-electron chi connectivity index (χ3n) is 1.03. The summed E-state index contributed by atoms with van der Waals surface area (Å²) >= 11 is 0. The van der Waals surface area contributed by atoms with E-state index in [4.69, 9.17) is 5.11 Å². The molecule has 0 atom stereocenters. The summed E-state index contributed by atoms with van der Waals surface area (Å²) in [6.45, 7) is 1.99. The molecule has 0 unspecified atom stereocenters. The number of benzene rings is 1. The van der Waals surface area contributed by atoms with Gasteiger partial charge in [0.25, 0.3) is 0 Å². The van der Waals surface area contributed by atoms with E-state index in [1.165, 1.54) is 5.56 Å². The molecule has 9 heavy (non-hydrogen) atoms. The third kappa shape index (κ3) is 3.08. The van der Waals surface area contributed by atoms with Crippen LogP contribution in [0.5, 0.6) is 5.75 Å². The number of phenolic OH excluding ortho intramolecular Hbond substituents is 1. The molecular weight excluding hydrogens is 267 g/mol. The maximum atomic E-state index is 8.76. The number of hydrogen-bond acceptors (Lipinski definition) is 1. The van der Waals surface area contributed by atoms with Crippen LogP contribution in [0.3, 0.4) is 0 Å². The van der Waals surface area contributed by atoms with Crippen LogP contribution < -0.4 is 0 Å². The van der Waals surface area contributed by atoms with Crippen molar-refractivity contribution >= 4 is 0 Å². The molecule has 1 aromatic rings. The van der Waals surface area contributed by atoms with Crippen molar-refractivity contribution in [3.8, 4) is 5.75 Å². The van der Waals surface area contributed by atoms with E-state index in [-0.39, 0.29) is 37.3 Å². The standard InChI is InChI=1S/C7H8O.Er/c1-6-2-4-7(8)5-3-6;/h2-5,8H,1H3;. The first-order valence-electron chi connectivity index (χ1n) is 2.54. The Morgan fingerprint density at radius 3 is 1.89 bits per heavy atom. The van der Waals surface area contributed by atoms with Gasteiger partial charge in [-0.2, -0.15) is 0 Å². The second-order valence-corrected chi connectivity index (χ2v) is 1.84. The number of aryl methyl sites for hydroxylation is 1. The third-order valence-corrected chi connectivity index (χ3v) is 1.03. The first-order chi connectivity index (χ1) is 3.79. The summed E-state index contributed by atoms with van der Waals surface area (Å²) in [7, 11) is 0. The van der Waals surface area contributed by atoms with Gasteiger partial charge in [-0.1, -0.05) is 17.7 Å². The minimum absolute atomic E-state index is 0. The van der Waals surface area contributed by atoms with E-state index in [9.17, 15) is 0 Å². The summed E-state index contributed by atoms with van der Waals surface area (Å²) < 4.78 is 0. The average Bonchev–Trinajstić information content (AvgIpc) is 1.77. The van der Waals surface area contributed by atoms with Gasteiger partial charge < -0.3 is 5.11 Å². The molecule has 1 N–H and O–H groups in total. The minimum Gasteiger partial charge on any atom is -0.508 e. The molecule has 0 saturated heterocycles. The fourth-order valence-electron chi connectivity index (χ4n) is 0.545. The van der Waals surface area contributed by atoms with Crippen LogP contribution in [-0.2, 0) is 0 Å². The summed E-state index contributed by atoms with van der Waals surface area (Å²) in [5.74, 6) is 0.329. The first kappa shape index (κ1) is 9.27. The molecule has 2 heteroatoms. The van der Waals surface area contributed by atoms with E-state index < -0.39 is 0 Å². The van der Waals surface area contributed by atoms with Gasteiger partial charge in [-0.3, -0.25) is 0 Å². The average molecular weight is 275 g/mol. The molecule has 0 spiro atoms. The van der Waals surface area contributed by atoms with E-state index >= 15 is 0 Å². The molecule has 0 aliphatic rings. The van der Waals surface area contributed by atoms with Crippen molar-refractivity contribution in [2.45, 2.75) is 6.92 Å². The monoisotopic (exact) mass is 274 g/mol. The van der Waals surface area contributed by atoms with E-state index in [0.717, 1.165) is 0 Å². The maximum absolute atomic E-state index is 8.76. The van der Waals surface area contributed by atoms with E-state index in [1.54, 1.807) is 12.1 Å². The number of rotatable bonds is 0. The van der Waals surface area contributed by atoms with Crippen molar-refractivity contribution in [2.75, 3.05) is 0 Å². The Morgan fingerprint density at radius 2 is 1.56 bits per heavy atom. The van der Waals surface area contributed by atoms with E-state index in [1.807, 2.05) is 19.1 Å². The van der Waals surface area contributed by atoms with E-state index in [2.05, 4.69) is 0 Å². The van der Waals surface area contributed by atoms with Crippen LogP contribution in [0.4, 0.5) is 0 Å². The van der Waals surface area contributed by atoms with Crippen molar-refractivity contribution in [1.29, 1.82) is 0 Å². The van der Waals surface area contributed by atoms with E-state index in [0.29, 0.717) is 5.75 Å². The fourth-order valence-corrected chi connectivity index (χ4v) is 0.545. The Balaban J connectivity index is 0.000000640. The molecule has 0 heterocycles. The summed E-state index contributed by atoms with van der Waals surface area (Å²) in [5, 5.41) is 8.76. The zero-order chi connectivity index (χ0) is 5.98. The fraction of sp³-hybridized carbons (Fsp3) is 0.143. The molecule has 0 aromatic heterocycles. The molecular formula is C7H8ErO. The zero-order valence-corrected chi connectivity index (χ0v) is 6.90. The number of hydrogen-bond donors (Lipinski definition) is 1. The zero-order valence-electron chi connectivity index (χ0n) is 5.05. The molecule has 1 nitrogen and oxygen atoms in total. The van der Waals surface area contributed by atoms with Crippen molar-refractivity contribution in [1.82, 2.24) is 0 Å². The molecule has 0 aliphatic carbocycles. The van der Waals surface area contributed by atoms with Gasteiger partial charge in [0.2, 0.25) is 0 Å². The Kier molecular flexibility index (Phi) is 4.26. The summed E-state index contributed by atoms with van der Waals surface area (Å²) in [5.41, 5.74) is 1.17. The Bertz CT molecular complexity index is 148. The van der Waals surface area contributed by atoms with Crippen LogP contribution in [0.25, 0.3) is 0 Å². The molecule has 1 aromatic carbocycles. The Morgan fingerprint density at radius 1 is 1.11 bits per heavy atom. The largest absolute Gasteiger partial charge is 0.508 e. The van der Waals surface area contributed by atoms with Crippen LogP contribution in [0.15, 0.2) is 24.3 Å². The summed E-state index contributed by atoms with van der Waals surface area (Å²) in [6.07, 6.45) is 0. The van der Waals surface area contributed by atoms with Crippen LogP contribution in [0, 0.1) is 44.2 Å². The Labute approximate surface area is 84.3 Å². The molecule has 0 amide bonds. The van der Waals surface area contributed by atoms with Crippen molar-refractivity contribution in [3.63, 3.8) is 0 Å². The Hall–Kier alpha value is 0.267. The van der Waals surface area contributed by atoms with Crippen LogP contribution in [0.2, 0.25) is 0 Å². The molecule has 0 radical (unpaired) electrons. The smallest absolute Gasteiger partial charge is 0.115 e. The first-order valence-corrected chi connectivity index (χ1v) is 2.54. The second-order valence-electron chi connectivity index (χ2n) is 1.84. The molecule has 54 valence electrons. The molecule has 1 rings (SSSR count). The summed E-state index contributed by atoms with van der Waals surface area (Å²) in [4.78, 5) is 0. The van der Waals surface area contributed by atoms with Crippen molar-refractivity contribution in [2.24, 2.45) is 0 Å². The normalized spacial score (nSPS) is 8.11. The van der Waals surface area contributed by atoms with Crippen LogP contribution in [-0.4, -0.2) is 5.11 Å². The predicted octanol–water partition coefficient (Wildman–Crippen LogP) is 1.70. The number of phenols is 1. The second kappa shape index (κ2) is 4.14.